The van der Waals surface area contributed by atoms with E-state index in [0.717, 1.165) is 28.6 Å². The molecule has 2 amide bonds. The van der Waals surface area contributed by atoms with Crippen molar-refractivity contribution < 1.29 is 27.1 Å². The van der Waals surface area contributed by atoms with Crippen LogP contribution in [0.3, 0.4) is 0 Å². The molecule has 0 saturated heterocycles. The van der Waals surface area contributed by atoms with Crippen LogP contribution in [0.15, 0.2) is 77.7 Å². The molecule has 41 heavy (non-hydrogen) atoms. The number of carbonyl (C=O) groups excluding carboxylic acids is 2. The van der Waals surface area contributed by atoms with Crippen molar-refractivity contribution in [3.63, 3.8) is 0 Å². The van der Waals surface area contributed by atoms with Gasteiger partial charge in [-0.25, -0.2) is 12.8 Å². The van der Waals surface area contributed by atoms with Crippen molar-refractivity contribution in [2.75, 3.05) is 17.5 Å². The monoisotopic (exact) mass is 603 g/mol. The van der Waals surface area contributed by atoms with Gasteiger partial charge in [-0.05, 0) is 101 Å². The van der Waals surface area contributed by atoms with E-state index in [-0.39, 0.29) is 17.1 Å². The maximum absolute atomic E-state index is 14.0. The van der Waals surface area contributed by atoms with Crippen molar-refractivity contribution in [2.45, 2.75) is 57.6 Å². The number of rotatable bonds is 11. The molecular weight excluding hydrogens is 569 g/mol. The van der Waals surface area contributed by atoms with E-state index < -0.39 is 45.8 Å². The third kappa shape index (κ3) is 8.68. The van der Waals surface area contributed by atoms with Crippen LogP contribution in [0.2, 0.25) is 5.02 Å². The lowest BCUT2D eigenvalue weighted by Gasteiger charge is -2.33. The molecular formula is C30H35ClFN3O5S. The van der Waals surface area contributed by atoms with Crippen molar-refractivity contribution in [2.24, 2.45) is 0 Å². The topological polar surface area (TPSA) is 96.0 Å². The van der Waals surface area contributed by atoms with Gasteiger partial charge < -0.3 is 15.0 Å². The van der Waals surface area contributed by atoms with Crippen LogP contribution >= 0.6 is 11.6 Å². The van der Waals surface area contributed by atoms with Gasteiger partial charge in [-0.3, -0.25) is 13.9 Å². The lowest BCUT2D eigenvalue weighted by Crippen LogP contribution is -2.54. The van der Waals surface area contributed by atoms with Gasteiger partial charge in [-0.15, -0.1) is 0 Å². The number of sulfonamides is 1. The first kappa shape index (κ1) is 31.9. The summed E-state index contributed by atoms with van der Waals surface area (Å²) in [6, 6.07) is 16.5. The fourth-order valence-corrected chi connectivity index (χ4v) is 5.65. The zero-order valence-corrected chi connectivity index (χ0v) is 25.3. The minimum Gasteiger partial charge on any atom is -0.494 e. The zero-order valence-electron chi connectivity index (χ0n) is 23.7. The minimum absolute atomic E-state index is 0.00579. The average molecular weight is 604 g/mol. The molecule has 3 rings (SSSR count). The molecule has 3 aromatic carbocycles. The Morgan fingerprint density at radius 2 is 1.66 bits per heavy atom. The van der Waals surface area contributed by atoms with E-state index in [1.165, 1.54) is 17.0 Å². The Hall–Kier alpha value is -3.63. The van der Waals surface area contributed by atoms with Gasteiger partial charge in [0.1, 0.15) is 24.2 Å². The highest BCUT2D eigenvalue weighted by atomic mass is 35.5. The number of anilines is 1. The molecule has 0 aliphatic rings. The predicted molar refractivity (Wildman–Crippen MR) is 158 cm³/mol. The predicted octanol–water partition coefficient (Wildman–Crippen LogP) is 5.41. The van der Waals surface area contributed by atoms with Crippen LogP contribution in [-0.2, 0) is 26.2 Å². The summed E-state index contributed by atoms with van der Waals surface area (Å²) in [6.45, 7) is 8.68. The van der Waals surface area contributed by atoms with Gasteiger partial charge >= 0.3 is 0 Å². The Labute approximate surface area is 246 Å². The number of hydrogen-bond acceptors (Lipinski definition) is 5. The Bertz CT molecular complexity index is 1460. The summed E-state index contributed by atoms with van der Waals surface area (Å²) in [7, 11) is -4.32. The summed E-state index contributed by atoms with van der Waals surface area (Å²) in [5.74, 6) is -1.10. The number of halogens is 2. The fourth-order valence-electron chi connectivity index (χ4n) is 4.03. The van der Waals surface area contributed by atoms with E-state index in [1.54, 1.807) is 43.3 Å². The van der Waals surface area contributed by atoms with Crippen LogP contribution in [0.5, 0.6) is 5.75 Å². The van der Waals surface area contributed by atoms with Gasteiger partial charge in [0.05, 0.1) is 17.2 Å². The second-order valence-corrected chi connectivity index (χ2v) is 12.8. The molecule has 0 bridgehead atoms. The van der Waals surface area contributed by atoms with Crippen LogP contribution in [-0.4, -0.2) is 49.9 Å². The van der Waals surface area contributed by atoms with E-state index in [4.69, 9.17) is 16.3 Å². The molecule has 0 aliphatic carbocycles. The van der Waals surface area contributed by atoms with Gasteiger partial charge in [0.25, 0.3) is 10.0 Å². The third-order valence-corrected chi connectivity index (χ3v) is 8.05. The molecule has 0 unspecified atom stereocenters. The van der Waals surface area contributed by atoms with E-state index in [2.05, 4.69) is 5.32 Å². The maximum Gasteiger partial charge on any atom is 0.264 e. The Kier molecular flexibility index (Phi) is 10.4. The molecule has 0 aliphatic heterocycles. The summed E-state index contributed by atoms with van der Waals surface area (Å²) in [5, 5.41) is 3.33. The first-order valence-electron chi connectivity index (χ1n) is 13.1. The number of amides is 2. The third-order valence-electron chi connectivity index (χ3n) is 6.02. The van der Waals surface area contributed by atoms with Crippen LogP contribution in [0, 0.1) is 5.82 Å². The molecule has 0 radical (unpaired) electrons. The van der Waals surface area contributed by atoms with Crippen molar-refractivity contribution in [3.05, 3.63) is 89.2 Å². The van der Waals surface area contributed by atoms with Crippen molar-refractivity contribution in [3.8, 4) is 5.75 Å². The fraction of sp³-hybridized carbons (Fsp3) is 0.333. The normalized spacial score (nSPS) is 12.4. The Morgan fingerprint density at radius 1 is 1.02 bits per heavy atom. The molecule has 1 N–H and O–H groups in total. The summed E-state index contributed by atoms with van der Waals surface area (Å²) < 4.78 is 47.7. The molecule has 0 fully saturated rings. The standard InChI is InChI=1S/C30H35ClFN3O5S/c1-6-40-26-14-12-25(13-15-26)35(41(38,39)27-16-10-24(32)11-17-27)20-28(36)34(19-22-8-7-9-23(31)18-22)21(2)29(37)33-30(3,4)5/h7-18,21H,6,19-20H2,1-5H3,(H,33,37)/t21-/m1/s1. The largest absolute Gasteiger partial charge is 0.494 e. The summed E-state index contributed by atoms with van der Waals surface area (Å²) in [4.78, 5) is 28.2. The number of ether oxygens (including phenoxy) is 1. The molecule has 0 saturated carbocycles. The van der Waals surface area contributed by atoms with E-state index in [0.29, 0.717) is 22.9 Å². The van der Waals surface area contributed by atoms with Gasteiger partial charge in [0, 0.05) is 17.1 Å². The van der Waals surface area contributed by atoms with Gasteiger partial charge in [0.15, 0.2) is 0 Å². The van der Waals surface area contributed by atoms with Crippen LogP contribution in [0.4, 0.5) is 10.1 Å². The number of carbonyl (C=O) groups is 2. The summed E-state index contributed by atoms with van der Waals surface area (Å²) >= 11 is 6.17. The molecule has 1 atom stereocenters. The molecule has 8 nitrogen and oxygen atoms in total. The SMILES string of the molecule is CCOc1ccc(N(CC(=O)N(Cc2cccc(Cl)c2)[C@H](C)C(=O)NC(C)(C)C)S(=O)(=O)c2ccc(F)cc2)cc1. The van der Waals surface area contributed by atoms with Gasteiger partial charge in [-0.2, -0.15) is 0 Å². The van der Waals surface area contributed by atoms with Crippen LogP contribution in [0.25, 0.3) is 0 Å². The highest BCUT2D eigenvalue weighted by molar-refractivity contribution is 7.92. The number of hydrogen-bond donors (Lipinski definition) is 1. The molecule has 3 aromatic rings. The van der Waals surface area contributed by atoms with E-state index >= 15 is 0 Å². The molecule has 11 heteroatoms. The molecule has 0 heterocycles. The second-order valence-electron chi connectivity index (χ2n) is 10.5. The van der Waals surface area contributed by atoms with Crippen molar-refractivity contribution in [1.29, 1.82) is 0 Å². The highest BCUT2D eigenvalue weighted by Gasteiger charge is 2.33. The lowest BCUT2D eigenvalue weighted by atomic mass is 10.1. The number of nitrogens with one attached hydrogen (secondary N) is 1. The summed E-state index contributed by atoms with van der Waals surface area (Å²) in [5.41, 5.74) is 0.298. The van der Waals surface area contributed by atoms with E-state index in [9.17, 15) is 22.4 Å². The van der Waals surface area contributed by atoms with Crippen molar-refractivity contribution in [1.82, 2.24) is 10.2 Å². The quantitative estimate of drug-likeness (QED) is 0.316. The Balaban J connectivity index is 2.04. The molecule has 0 aromatic heterocycles. The zero-order chi connectivity index (χ0) is 30.4. The van der Waals surface area contributed by atoms with Gasteiger partial charge in [0.2, 0.25) is 11.8 Å². The smallest absolute Gasteiger partial charge is 0.264 e. The van der Waals surface area contributed by atoms with Crippen LogP contribution < -0.4 is 14.4 Å². The Morgan fingerprint density at radius 3 is 2.22 bits per heavy atom. The lowest BCUT2D eigenvalue weighted by molar-refractivity contribution is -0.140. The minimum atomic E-state index is -4.32. The highest BCUT2D eigenvalue weighted by Crippen LogP contribution is 2.27. The summed E-state index contributed by atoms with van der Waals surface area (Å²) in [6.07, 6.45) is 0. The number of nitrogens with zero attached hydrogens (tertiary/aromatic N) is 2. The van der Waals surface area contributed by atoms with E-state index in [1.807, 2.05) is 27.7 Å². The second kappa shape index (κ2) is 13.4. The molecule has 0 spiro atoms. The van der Waals surface area contributed by atoms with Crippen LogP contribution in [0.1, 0.15) is 40.2 Å². The first-order valence-corrected chi connectivity index (χ1v) is 14.9. The average Bonchev–Trinajstić information content (AvgIpc) is 2.90. The molecule has 220 valence electrons. The van der Waals surface area contributed by atoms with Gasteiger partial charge in [-0.1, -0.05) is 23.7 Å². The maximum atomic E-state index is 14.0. The number of benzene rings is 3. The van der Waals surface area contributed by atoms with Crippen molar-refractivity contribution >= 4 is 39.1 Å². The first-order chi connectivity index (χ1) is 19.2.